The van der Waals surface area contributed by atoms with Crippen LogP contribution in [0.4, 0.5) is 11.4 Å². The van der Waals surface area contributed by atoms with Crippen LogP contribution in [0.2, 0.25) is 0 Å². The number of pyridine rings is 1. The quantitative estimate of drug-likeness (QED) is 0.626. The molecule has 29 heavy (non-hydrogen) atoms. The maximum atomic E-state index is 5.32. The van der Waals surface area contributed by atoms with Crippen LogP contribution in [0.5, 0.6) is 11.5 Å². The minimum Gasteiger partial charge on any atom is -0.497 e. The molecule has 0 bridgehead atoms. The van der Waals surface area contributed by atoms with E-state index in [0.29, 0.717) is 6.67 Å². The summed E-state index contributed by atoms with van der Waals surface area (Å²) in [6.07, 6.45) is 5.88. The van der Waals surface area contributed by atoms with E-state index in [1.165, 1.54) is 0 Å². The maximum absolute atomic E-state index is 5.32. The Morgan fingerprint density at radius 2 is 1.41 bits per heavy atom. The molecule has 1 aliphatic heterocycles. The Morgan fingerprint density at radius 1 is 0.828 bits per heavy atom. The summed E-state index contributed by atoms with van der Waals surface area (Å²) in [6, 6.07) is 20.3. The van der Waals surface area contributed by atoms with Gasteiger partial charge in [-0.3, -0.25) is 0 Å². The van der Waals surface area contributed by atoms with Gasteiger partial charge in [0.1, 0.15) is 24.7 Å². The topological polar surface area (TPSA) is 41.2 Å². The van der Waals surface area contributed by atoms with Crippen molar-refractivity contribution >= 4 is 17.7 Å². The molecule has 2 aromatic carbocycles. The van der Waals surface area contributed by atoms with Crippen LogP contribution in [0, 0.1) is 0 Å². The molecule has 0 radical (unpaired) electrons. The normalized spacial score (nSPS) is 16.0. The van der Waals surface area contributed by atoms with Gasteiger partial charge in [-0.2, -0.15) is 0 Å². The Balaban J connectivity index is 1.70. The van der Waals surface area contributed by atoms with Gasteiger partial charge in [0.05, 0.1) is 32.9 Å². The van der Waals surface area contributed by atoms with Gasteiger partial charge in [0, 0.05) is 17.8 Å². The Kier molecular flexibility index (Phi) is 5.33. The molecule has 1 atom stereocenters. The molecular weight excluding hydrogens is 364 g/mol. The fourth-order valence-electron chi connectivity index (χ4n) is 3.37. The summed E-state index contributed by atoms with van der Waals surface area (Å²) in [6.45, 7) is 0.681. The zero-order valence-electron chi connectivity index (χ0n) is 16.9. The van der Waals surface area contributed by atoms with Crippen LogP contribution in [0.1, 0.15) is 11.7 Å². The number of aromatic nitrogens is 1. The first-order chi connectivity index (χ1) is 14.2. The molecule has 0 saturated carbocycles. The average molecular weight is 389 g/mol. The molecule has 0 fully saturated rings. The molecule has 1 aliphatic rings. The van der Waals surface area contributed by atoms with Crippen LogP contribution in [-0.4, -0.2) is 27.2 Å². The van der Waals surface area contributed by atoms with Gasteiger partial charge in [0.2, 0.25) is 0 Å². The number of aryl methyl sites for hydroxylation is 1. The number of nitrogens with zero attached hydrogens (tertiary/aromatic N) is 4. The van der Waals surface area contributed by atoms with Gasteiger partial charge >= 0.3 is 0 Å². The molecule has 1 aromatic heterocycles. The molecule has 148 valence electrons. The fraction of sp³-hybridized carbons (Fsp3) is 0.217. The molecule has 0 aliphatic carbocycles. The standard InChI is InChI=1S/C23H25N4O2/c1-25-14-12-19(13-15-25)26-16-24-23(18-4-8-21(28-2)9-5-18)27(17-26)20-6-10-22(29-3)11-7-20/h4-16,23H,17H2,1-3H3/q+1. The molecule has 6 nitrogen and oxygen atoms in total. The average Bonchev–Trinajstić information content (AvgIpc) is 2.79. The monoisotopic (exact) mass is 389 g/mol. The highest BCUT2D eigenvalue weighted by atomic mass is 16.5. The Hall–Kier alpha value is -3.54. The number of rotatable bonds is 5. The predicted octanol–water partition coefficient (Wildman–Crippen LogP) is 3.54. The van der Waals surface area contributed by atoms with Crippen LogP contribution in [-0.2, 0) is 7.05 Å². The molecule has 4 rings (SSSR count). The minimum absolute atomic E-state index is 0.120. The first-order valence-electron chi connectivity index (χ1n) is 9.48. The first-order valence-corrected chi connectivity index (χ1v) is 9.48. The molecule has 2 heterocycles. The van der Waals surface area contributed by atoms with Crippen LogP contribution in [0.25, 0.3) is 0 Å². The second-order valence-corrected chi connectivity index (χ2v) is 6.91. The van der Waals surface area contributed by atoms with E-state index in [4.69, 9.17) is 14.5 Å². The van der Waals surface area contributed by atoms with Crippen molar-refractivity contribution in [2.75, 3.05) is 30.7 Å². The number of hydrogen-bond donors (Lipinski definition) is 0. The summed E-state index contributed by atoms with van der Waals surface area (Å²) >= 11 is 0. The van der Waals surface area contributed by atoms with Gasteiger partial charge in [-0.1, -0.05) is 12.1 Å². The lowest BCUT2D eigenvalue weighted by Crippen LogP contribution is -2.43. The highest BCUT2D eigenvalue weighted by molar-refractivity contribution is 5.81. The van der Waals surface area contributed by atoms with Crippen molar-refractivity contribution in [2.24, 2.45) is 12.0 Å². The van der Waals surface area contributed by atoms with Gasteiger partial charge in [-0.05, 0) is 42.0 Å². The lowest BCUT2D eigenvalue weighted by molar-refractivity contribution is -0.671. The van der Waals surface area contributed by atoms with Gasteiger partial charge < -0.3 is 19.3 Å². The van der Waals surface area contributed by atoms with Gasteiger partial charge in [0.25, 0.3) is 0 Å². The Morgan fingerprint density at radius 3 is 2.00 bits per heavy atom. The third-order valence-electron chi connectivity index (χ3n) is 5.06. The van der Waals surface area contributed by atoms with E-state index in [9.17, 15) is 0 Å². The third kappa shape index (κ3) is 4.01. The number of hydrogen-bond acceptors (Lipinski definition) is 5. The molecule has 0 spiro atoms. The smallest absolute Gasteiger partial charge is 0.170 e. The fourth-order valence-corrected chi connectivity index (χ4v) is 3.37. The van der Waals surface area contributed by atoms with Crippen molar-refractivity contribution < 1.29 is 14.0 Å². The van der Waals surface area contributed by atoms with Crippen molar-refractivity contribution in [3.63, 3.8) is 0 Å². The number of anilines is 2. The highest BCUT2D eigenvalue weighted by Gasteiger charge is 2.26. The van der Waals surface area contributed by atoms with Crippen molar-refractivity contribution in [2.45, 2.75) is 6.17 Å². The summed E-state index contributed by atoms with van der Waals surface area (Å²) in [4.78, 5) is 9.30. The van der Waals surface area contributed by atoms with E-state index in [1.807, 2.05) is 54.6 Å². The molecule has 3 aromatic rings. The number of benzene rings is 2. The molecule has 0 N–H and O–H groups in total. The van der Waals surface area contributed by atoms with Crippen molar-refractivity contribution in [3.05, 3.63) is 78.6 Å². The van der Waals surface area contributed by atoms with Crippen LogP contribution < -0.4 is 23.8 Å². The van der Waals surface area contributed by atoms with E-state index < -0.39 is 0 Å². The lowest BCUT2D eigenvalue weighted by Gasteiger charge is -2.39. The summed E-state index contributed by atoms with van der Waals surface area (Å²) in [5.41, 5.74) is 3.28. The Labute approximate surface area is 171 Å². The van der Waals surface area contributed by atoms with Gasteiger partial charge in [-0.15, -0.1) is 0 Å². The number of methoxy groups -OCH3 is 2. The van der Waals surface area contributed by atoms with E-state index in [-0.39, 0.29) is 6.17 Å². The second kappa shape index (κ2) is 8.22. The summed E-state index contributed by atoms with van der Waals surface area (Å²) in [5.74, 6) is 1.67. The zero-order valence-corrected chi connectivity index (χ0v) is 16.9. The molecule has 0 amide bonds. The zero-order chi connectivity index (χ0) is 20.2. The van der Waals surface area contributed by atoms with E-state index in [1.54, 1.807) is 14.2 Å². The predicted molar refractivity (Wildman–Crippen MR) is 115 cm³/mol. The minimum atomic E-state index is -0.120. The van der Waals surface area contributed by atoms with Crippen LogP contribution >= 0.6 is 0 Å². The van der Waals surface area contributed by atoms with Crippen LogP contribution in [0.3, 0.4) is 0 Å². The SMILES string of the molecule is COc1ccc(C2N=CN(c3cc[n+](C)cc3)CN2c2ccc(OC)cc2)cc1. The molecule has 1 unspecified atom stereocenters. The van der Waals surface area contributed by atoms with Crippen LogP contribution in [0.15, 0.2) is 78.0 Å². The largest absolute Gasteiger partial charge is 0.497 e. The summed E-state index contributed by atoms with van der Waals surface area (Å²) < 4.78 is 12.6. The molecule has 6 heteroatoms. The Bertz CT molecular complexity index is 969. The maximum Gasteiger partial charge on any atom is 0.170 e. The van der Waals surface area contributed by atoms with Crippen molar-refractivity contribution in [1.29, 1.82) is 0 Å². The third-order valence-corrected chi connectivity index (χ3v) is 5.06. The lowest BCUT2D eigenvalue weighted by atomic mass is 10.1. The van der Waals surface area contributed by atoms with Crippen molar-refractivity contribution in [1.82, 2.24) is 0 Å². The highest BCUT2D eigenvalue weighted by Crippen LogP contribution is 2.33. The van der Waals surface area contributed by atoms with Crippen molar-refractivity contribution in [3.8, 4) is 11.5 Å². The summed E-state index contributed by atoms with van der Waals surface area (Å²) in [7, 11) is 5.37. The first kappa shape index (κ1) is 18.8. The van der Waals surface area contributed by atoms with Gasteiger partial charge in [-0.25, -0.2) is 9.56 Å². The van der Waals surface area contributed by atoms with E-state index >= 15 is 0 Å². The van der Waals surface area contributed by atoms with E-state index in [2.05, 4.69) is 46.2 Å². The van der Waals surface area contributed by atoms with E-state index in [0.717, 1.165) is 28.4 Å². The van der Waals surface area contributed by atoms with Gasteiger partial charge in [0.15, 0.2) is 12.4 Å². The second-order valence-electron chi connectivity index (χ2n) is 6.91. The number of aliphatic imine (C=N–C) groups is 1. The summed E-state index contributed by atoms with van der Waals surface area (Å²) in [5, 5.41) is 0. The molecular formula is C23H25N4O2+. The number of ether oxygens (including phenoxy) is 2. The molecule has 0 saturated heterocycles.